The van der Waals surface area contributed by atoms with Crippen LogP contribution >= 0.6 is 23.2 Å². The van der Waals surface area contributed by atoms with E-state index in [4.69, 9.17) is 32.7 Å². The number of ether oxygens (including phenoxy) is 2. The van der Waals surface area contributed by atoms with Crippen LogP contribution in [0.2, 0.25) is 10.0 Å². The molecule has 0 radical (unpaired) electrons. The van der Waals surface area contributed by atoms with E-state index in [0.717, 1.165) is 5.56 Å². The van der Waals surface area contributed by atoms with E-state index in [2.05, 4.69) is 15.8 Å². The Hall–Kier alpha value is -3.55. The van der Waals surface area contributed by atoms with Crippen LogP contribution in [0.4, 0.5) is 0 Å². The fourth-order valence-corrected chi connectivity index (χ4v) is 3.66. The van der Waals surface area contributed by atoms with Gasteiger partial charge in [-0.15, -0.1) is 0 Å². The highest BCUT2D eigenvalue weighted by Gasteiger charge is 2.24. The molecule has 0 aliphatic heterocycles. The summed E-state index contributed by atoms with van der Waals surface area (Å²) in [6.45, 7) is 3.95. The normalized spacial score (nSPS) is 11.8. The minimum absolute atomic E-state index is 0.169. The van der Waals surface area contributed by atoms with Crippen molar-refractivity contribution in [3.63, 3.8) is 0 Å². The Kier molecular flexibility index (Phi) is 9.73. The highest BCUT2D eigenvalue weighted by molar-refractivity contribution is 6.31. The summed E-state index contributed by atoms with van der Waals surface area (Å²) in [5.41, 5.74) is 4.40. The lowest BCUT2D eigenvalue weighted by Crippen LogP contribution is -2.48. The molecular formula is C27H27Cl2N3O4. The molecule has 188 valence electrons. The molecule has 0 aromatic heterocycles. The zero-order chi connectivity index (χ0) is 26.1. The number of carbonyl (C=O) groups excluding carboxylic acids is 2. The number of nitrogens with zero attached hydrogens (tertiary/aromatic N) is 1. The third-order valence-electron chi connectivity index (χ3n) is 5.24. The molecule has 0 saturated carbocycles. The largest absolute Gasteiger partial charge is 0.493 e. The molecule has 7 nitrogen and oxygen atoms in total. The van der Waals surface area contributed by atoms with Crippen molar-refractivity contribution < 1.29 is 19.1 Å². The van der Waals surface area contributed by atoms with E-state index in [-0.39, 0.29) is 12.5 Å². The van der Waals surface area contributed by atoms with Crippen molar-refractivity contribution in [3.05, 3.63) is 93.5 Å². The lowest BCUT2D eigenvalue weighted by Gasteiger charge is -2.20. The third-order valence-corrected chi connectivity index (χ3v) is 5.84. The van der Waals surface area contributed by atoms with Crippen LogP contribution in [-0.4, -0.2) is 31.2 Å². The molecule has 3 rings (SSSR count). The molecule has 0 bridgehead atoms. The van der Waals surface area contributed by atoms with Gasteiger partial charge < -0.3 is 14.8 Å². The van der Waals surface area contributed by atoms with Crippen molar-refractivity contribution in [2.75, 3.05) is 7.11 Å². The van der Waals surface area contributed by atoms with Gasteiger partial charge in [0, 0.05) is 21.2 Å². The second kappa shape index (κ2) is 13.0. The van der Waals surface area contributed by atoms with Crippen LogP contribution in [0.15, 0.2) is 71.8 Å². The smallest absolute Gasteiger partial charge is 0.262 e. The van der Waals surface area contributed by atoms with Gasteiger partial charge in [0.1, 0.15) is 12.6 Å². The van der Waals surface area contributed by atoms with Gasteiger partial charge in [-0.3, -0.25) is 9.59 Å². The predicted molar refractivity (Wildman–Crippen MR) is 142 cm³/mol. The second-order valence-corrected chi connectivity index (χ2v) is 9.07. The van der Waals surface area contributed by atoms with E-state index in [1.165, 1.54) is 13.3 Å². The average Bonchev–Trinajstić information content (AvgIpc) is 2.86. The number of hydrazone groups is 1. The number of carbonyl (C=O) groups is 2. The molecule has 0 aliphatic rings. The number of methoxy groups -OCH3 is 1. The molecule has 0 saturated heterocycles. The second-order valence-electron chi connectivity index (χ2n) is 8.23. The van der Waals surface area contributed by atoms with Crippen LogP contribution in [0, 0.1) is 5.92 Å². The zero-order valence-corrected chi connectivity index (χ0v) is 21.6. The molecule has 3 aromatic rings. The van der Waals surface area contributed by atoms with Crippen molar-refractivity contribution in [3.8, 4) is 11.5 Å². The van der Waals surface area contributed by atoms with Crippen molar-refractivity contribution in [2.24, 2.45) is 11.0 Å². The van der Waals surface area contributed by atoms with E-state index in [9.17, 15) is 9.59 Å². The summed E-state index contributed by atoms with van der Waals surface area (Å²) >= 11 is 12.1. The van der Waals surface area contributed by atoms with Crippen LogP contribution in [0.1, 0.15) is 35.3 Å². The maximum Gasteiger partial charge on any atom is 0.262 e. The highest BCUT2D eigenvalue weighted by atomic mass is 35.5. The van der Waals surface area contributed by atoms with Crippen LogP contribution in [0.25, 0.3) is 0 Å². The van der Waals surface area contributed by atoms with Gasteiger partial charge in [0.2, 0.25) is 0 Å². The number of rotatable bonds is 10. The van der Waals surface area contributed by atoms with Gasteiger partial charge in [0.25, 0.3) is 11.8 Å². The zero-order valence-electron chi connectivity index (χ0n) is 20.1. The summed E-state index contributed by atoms with van der Waals surface area (Å²) in [6.07, 6.45) is 1.48. The molecule has 3 aromatic carbocycles. The van der Waals surface area contributed by atoms with Gasteiger partial charge >= 0.3 is 0 Å². The Morgan fingerprint density at radius 3 is 2.47 bits per heavy atom. The van der Waals surface area contributed by atoms with E-state index in [1.54, 1.807) is 48.5 Å². The first kappa shape index (κ1) is 27.0. The first-order valence-electron chi connectivity index (χ1n) is 11.2. The first-order valence-corrected chi connectivity index (χ1v) is 12.0. The van der Waals surface area contributed by atoms with Crippen LogP contribution in [0.5, 0.6) is 11.5 Å². The average molecular weight is 528 g/mol. The summed E-state index contributed by atoms with van der Waals surface area (Å²) < 4.78 is 11.3. The van der Waals surface area contributed by atoms with Gasteiger partial charge in [0.15, 0.2) is 11.5 Å². The Bertz CT molecular complexity index is 1250. The number of hydrogen-bond donors (Lipinski definition) is 2. The van der Waals surface area contributed by atoms with Gasteiger partial charge in [-0.25, -0.2) is 5.43 Å². The molecule has 1 atom stereocenters. The van der Waals surface area contributed by atoms with Gasteiger partial charge in [0.05, 0.1) is 13.3 Å². The number of hydrogen-bond acceptors (Lipinski definition) is 5. The standard InChI is InChI=1S/C27H27Cl2N3O4/c1-17(2)25(31-26(33)19-8-6-9-21(28)14-19)27(34)32-30-15-18-11-12-23(24(13-18)35-3)36-16-20-7-4-5-10-22(20)29/h4-15,17,25H,16H2,1-3H3,(H,31,33)(H,32,34)/b30-15+. The molecular weight excluding hydrogens is 501 g/mol. The molecule has 0 spiro atoms. The SMILES string of the molecule is COc1cc(/C=N/NC(=O)C(NC(=O)c2cccc(Cl)c2)C(C)C)ccc1OCc1ccccc1Cl. The predicted octanol–water partition coefficient (Wildman–Crippen LogP) is 5.49. The van der Waals surface area contributed by atoms with E-state index in [0.29, 0.717) is 32.7 Å². The van der Waals surface area contributed by atoms with Crippen LogP contribution in [-0.2, 0) is 11.4 Å². The fraction of sp³-hybridized carbons (Fsp3) is 0.222. The molecule has 0 heterocycles. The molecule has 2 N–H and O–H groups in total. The lowest BCUT2D eigenvalue weighted by molar-refractivity contribution is -0.123. The number of nitrogens with one attached hydrogen (secondary N) is 2. The quantitative estimate of drug-likeness (QED) is 0.269. The first-order chi connectivity index (χ1) is 17.3. The number of halogens is 2. The summed E-state index contributed by atoms with van der Waals surface area (Å²) in [5.74, 6) is 0.0436. The number of benzene rings is 3. The molecule has 0 fully saturated rings. The van der Waals surface area contributed by atoms with Crippen molar-refractivity contribution >= 4 is 41.2 Å². The Labute approximate surface area is 220 Å². The maximum absolute atomic E-state index is 12.7. The molecule has 0 aliphatic carbocycles. The minimum Gasteiger partial charge on any atom is -0.493 e. The van der Waals surface area contributed by atoms with Crippen LogP contribution < -0.4 is 20.2 Å². The fourth-order valence-electron chi connectivity index (χ4n) is 3.28. The van der Waals surface area contributed by atoms with Crippen LogP contribution in [0.3, 0.4) is 0 Å². The Balaban J connectivity index is 1.62. The Morgan fingerprint density at radius 1 is 1.00 bits per heavy atom. The van der Waals surface area contributed by atoms with E-state index >= 15 is 0 Å². The number of amides is 2. The topological polar surface area (TPSA) is 89.0 Å². The summed E-state index contributed by atoms with van der Waals surface area (Å²) in [6, 6.07) is 18.4. The van der Waals surface area contributed by atoms with Crippen molar-refractivity contribution in [2.45, 2.75) is 26.5 Å². The van der Waals surface area contributed by atoms with Gasteiger partial charge in [-0.2, -0.15) is 5.10 Å². The highest BCUT2D eigenvalue weighted by Crippen LogP contribution is 2.29. The van der Waals surface area contributed by atoms with Crippen molar-refractivity contribution in [1.29, 1.82) is 0 Å². The summed E-state index contributed by atoms with van der Waals surface area (Å²) in [4.78, 5) is 25.3. The van der Waals surface area contributed by atoms with E-state index < -0.39 is 17.9 Å². The maximum atomic E-state index is 12.7. The molecule has 36 heavy (non-hydrogen) atoms. The van der Waals surface area contributed by atoms with Gasteiger partial charge in [-0.1, -0.05) is 61.3 Å². The lowest BCUT2D eigenvalue weighted by atomic mass is 10.0. The molecule has 2 amide bonds. The molecule has 9 heteroatoms. The van der Waals surface area contributed by atoms with Crippen molar-refractivity contribution in [1.82, 2.24) is 10.7 Å². The molecule has 1 unspecified atom stereocenters. The summed E-state index contributed by atoms with van der Waals surface area (Å²) in [5, 5.41) is 7.84. The Morgan fingerprint density at radius 2 is 1.78 bits per heavy atom. The van der Waals surface area contributed by atoms with Gasteiger partial charge in [-0.05, 0) is 53.9 Å². The third kappa shape index (κ3) is 7.47. The monoisotopic (exact) mass is 527 g/mol. The minimum atomic E-state index is -0.788. The van der Waals surface area contributed by atoms with E-state index in [1.807, 2.05) is 32.0 Å². The summed E-state index contributed by atoms with van der Waals surface area (Å²) in [7, 11) is 1.54.